The van der Waals surface area contributed by atoms with Crippen LogP contribution in [0.1, 0.15) is 12.5 Å². The molecule has 90 valence electrons. The zero-order valence-electron chi connectivity index (χ0n) is 9.44. The molecule has 1 unspecified atom stereocenters. The van der Waals surface area contributed by atoms with Crippen LogP contribution in [0.3, 0.4) is 0 Å². The highest BCUT2D eigenvalue weighted by Crippen LogP contribution is 2.18. The molecule has 5 heteroatoms. The van der Waals surface area contributed by atoms with Crippen molar-refractivity contribution in [2.24, 2.45) is 4.99 Å². The van der Waals surface area contributed by atoms with Gasteiger partial charge in [-0.3, -0.25) is 9.79 Å². The van der Waals surface area contributed by atoms with E-state index in [0.29, 0.717) is 11.7 Å². The van der Waals surface area contributed by atoms with Crippen molar-refractivity contribution in [2.75, 3.05) is 6.54 Å². The van der Waals surface area contributed by atoms with Gasteiger partial charge in [0.25, 0.3) is 0 Å². The van der Waals surface area contributed by atoms with E-state index in [1.807, 2.05) is 6.92 Å². The van der Waals surface area contributed by atoms with Gasteiger partial charge >= 0.3 is 0 Å². The van der Waals surface area contributed by atoms with Crippen LogP contribution in [0.15, 0.2) is 29.3 Å². The molecule has 1 aromatic rings. The van der Waals surface area contributed by atoms with Crippen molar-refractivity contribution in [3.8, 4) is 0 Å². The second-order valence-electron chi connectivity index (χ2n) is 3.81. The highest BCUT2D eigenvalue weighted by molar-refractivity contribution is 8.15. The Morgan fingerprint density at radius 1 is 1.41 bits per heavy atom. The molecule has 0 radical (unpaired) electrons. The van der Waals surface area contributed by atoms with E-state index in [1.165, 1.54) is 23.9 Å². The van der Waals surface area contributed by atoms with Gasteiger partial charge in [0, 0.05) is 6.54 Å². The molecule has 0 saturated carbocycles. The average molecular weight is 252 g/mol. The van der Waals surface area contributed by atoms with E-state index < -0.39 is 0 Å². The van der Waals surface area contributed by atoms with Crippen molar-refractivity contribution in [3.63, 3.8) is 0 Å². The van der Waals surface area contributed by atoms with Gasteiger partial charge in [-0.15, -0.1) is 0 Å². The maximum atomic E-state index is 12.7. The minimum atomic E-state index is -0.229. The molecule has 0 aromatic heterocycles. The monoisotopic (exact) mass is 252 g/mol. The van der Waals surface area contributed by atoms with E-state index in [4.69, 9.17) is 0 Å². The largest absolute Gasteiger partial charge is 0.304 e. The zero-order chi connectivity index (χ0) is 12.3. The lowest BCUT2D eigenvalue weighted by Gasteiger charge is -1.99. The number of hydrogen-bond acceptors (Lipinski definition) is 3. The number of halogens is 1. The summed E-state index contributed by atoms with van der Waals surface area (Å²) < 4.78 is 12.7. The standard InChI is InChI=1S/C12H13FN2OS/c1-8-11(16)15-12(17-8)14-7-6-9-2-4-10(13)5-3-9/h2-5,8H,6-7H2,1H3,(H,14,15,16). The molecule has 1 heterocycles. The molecule has 2 rings (SSSR count). The van der Waals surface area contributed by atoms with E-state index in [0.717, 1.165) is 12.0 Å². The fourth-order valence-corrected chi connectivity index (χ4v) is 2.30. The third kappa shape index (κ3) is 3.30. The summed E-state index contributed by atoms with van der Waals surface area (Å²) in [5.74, 6) is -0.219. The Morgan fingerprint density at radius 3 is 2.71 bits per heavy atom. The molecule has 3 nitrogen and oxygen atoms in total. The Morgan fingerprint density at radius 2 is 2.12 bits per heavy atom. The first kappa shape index (κ1) is 12.1. The number of thioether (sulfide) groups is 1. The first-order valence-corrected chi connectivity index (χ1v) is 6.29. The Bertz CT molecular complexity index is 444. The summed E-state index contributed by atoms with van der Waals surface area (Å²) in [6.07, 6.45) is 0.745. The van der Waals surface area contributed by atoms with Crippen LogP contribution in [-0.2, 0) is 11.2 Å². The van der Waals surface area contributed by atoms with Crippen molar-refractivity contribution in [1.82, 2.24) is 5.32 Å². The minimum absolute atomic E-state index is 0.00975. The molecule has 1 fully saturated rings. The maximum Gasteiger partial charge on any atom is 0.239 e. The summed E-state index contributed by atoms with van der Waals surface area (Å²) in [6, 6.07) is 6.38. The number of benzene rings is 1. The number of amidine groups is 1. The molecule has 1 atom stereocenters. The van der Waals surface area contributed by atoms with Crippen molar-refractivity contribution in [2.45, 2.75) is 18.6 Å². The van der Waals surface area contributed by atoms with E-state index in [9.17, 15) is 9.18 Å². The number of carbonyl (C=O) groups excluding carboxylic acids is 1. The van der Waals surface area contributed by atoms with E-state index in [1.54, 1.807) is 12.1 Å². The fraction of sp³-hybridized carbons (Fsp3) is 0.333. The van der Waals surface area contributed by atoms with E-state index >= 15 is 0 Å². The van der Waals surface area contributed by atoms with E-state index in [2.05, 4.69) is 10.3 Å². The first-order valence-electron chi connectivity index (χ1n) is 5.41. The summed E-state index contributed by atoms with van der Waals surface area (Å²) in [6.45, 7) is 2.45. The highest BCUT2D eigenvalue weighted by Gasteiger charge is 2.25. The fourth-order valence-electron chi connectivity index (χ4n) is 1.47. The van der Waals surface area contributed by atoms with Crippen LogP contribution in [0.25, 0.3) is 0 Å². The van der Waals surface area contributed by atoms with Crippen molar-refractivity contribution >= 4 is 22.8 Å². The Labute approximate surface area is 104 Å². The third-order valence-electron chi connectivity index (χ3n) is 2.46. The predicted molar refractivity (Wildman–Crippen MR) is 67.6 cm³/mol. The quantitative estimate of drug-likeness (QED) is 0.893. The molecule has 1 N–H and O–H groups in total. The van der Waals surface area contributed by atoms with Crippen LogP contribution >= 0.6 is 11.8 Å². The number of rotatable bonds is 3. The Kier molecular flexibility index (Phi) is 3.78. The second kappa shape index (κ2) is 5.31. The van der Waals surface area contributed by atoms with Gasteiger partial charge in [-0.1, -0.05) is 23.9 Å². The lowest BCUT2D eigenvalue weighted by molar-refractivity contribution is -0.118. The van der Waals surface area contributed by atoms with E-state index in [-0.39, 0.29) is 17.0 Å². The smallest absolute Gasteiger partial charge is 0.239 e. The van der Waals surface area contributed by atoms with Gasteiger partial charge in [0.05, 0.1) is 5.25 Å². The molecule has 0 aliphatic carbocycles. The molecule has 1 aliphatic rings. The van der Waals surface area contributed by atoms with Gasteiger partial charge in [0.1, 0.15) is 5.82 Å². The molecule has 1 amide bonds. The van der Waals surface area contributed by atoms with Crippen LogP contribution in [0, 0.1) is 5.82 Å². The number of nitrogens with zero attached hydrogens (tertiary/aromatic N) is 1. The molecule has 17 heavy (non-hydrogen) atoms. The molecular formula is C12H13FN2OS. The highest BCUT2D eigenvalue weighted by atomic mass is 32.2. The predicted octanol–water partition coefficient (Wildman–Crippen LogP) is 1.98. The maximum absolute atomic E-state index is 12.7. The zero-order valence-corrected chi connectivity index (χ0v) is 10.3. The summed E-state index contributed by atoms with van der Waals surface area (Å²) in [5, 5.41) is 3.34. The summed E-state index contributed by atoms with van der Waals surface area (Å²) in [4.78, 5) is 15.5. The lowest BCUT2D eigenvalue weighted by Crippen LogP contribution is -2.23. The summed E-state index contributed by atoms with van der Waals surface area (Å²) >= 11 is 1.44. The minimum Gasteiger partial charge on any atom is -0.304 e. The summed E-state index contributed by atoms with van der Waals surface area (Å²) in [5.41, 5.74) is 1.04. The van der Waals surface area contributed by atoms with Crippen molar-refractivity contribution in [3.05, 3.63) is 35.6 Å². The number of carbonyl (C=O) groups is 1. The van der Waals surface area contributed by atoms with Crippen LogP contribution in [0.4, 0.5) is 4.39 Å². The molecule has 0 spiro atoms. The average Bonchev–Trinajstić information content (AvgIpc) is 2.61. The second-order valence-corrected chi connectivity index (χ2v) is 5.14. The molecule has 1 saturated heterocycles. The Balaban J connectivity index is 1.85. The van der Waals surface area contributed by atoms with Gasteiger partial charge < -0.3 is 5.32 Å². The number of aliphatic imine (C=N–C) groups is 1. The molecule has 1 aliphatic heterocycles. The van der Waals surface area contributed by atoms with Crippen molar-refractivity contribution in [1.29, 1.82) is 0 Å². The lowest BCUT2D eigenvalue weighted by atomic mass is 10.1. The van der Waals surface area contributed by atoms with Crippen molar-refractivity contribution < 1.29 is 9.18 Å². The van der Waals surface area contributed by atoms with Crippen LogP contribution < -0.4 is 5.32 Å². The number of amides is 1. The third-order valence-corrected chi connectivity index (χ3v) is 3.48. The molecule has 1 aromatic carbocycles. The SMILES string of the molecule is CC1SC(=NCCc2ccc(F)cc2)NC1=O. The normalized spacial score (nSPS) is 21.9. The molecular weight excluding hydrogens is 239 g/mol. The van der Waals surface area contributed by atoms with Crippen LogP contribution in [0.5, 0.6) is 0 Å². The number of hydrogen-bond donors (Lipinski definition) is 1. The van der Waals surface area contributed by atoms with Gasteiger partial charge in [-0.2, -0.15) is 0 Å². The first-order chi connectivity index (χ1) is 8.15. The topological polar surface area (TPSA) is 41.5 Å². The number of nitrogens with one attached hydrogen (secondary N) is 1. The van der Waals surface area contributed by atoms with Gasteiger partial charge in [-0.25, -0.2) is 4.39 Å². The van der Waals surface area contributed by atoms with Gasteiger partial charge in [0.15, 0.2) is 5.17 Å². The Hall–Kier alpha value is -1.36. The van der Waals surface area contributed by atoms with Crippen LogP contribution in [0.2, 0.25) is 0 Å². The van der Waals surface area contributed by atoms with Gasteiger partial charge in [0.2, 0.25) is 5.91 Å². The molecule has 0 bridgehead atoms. The summed E-state index contributed by atoms with van der Waals surface area (Å²) in [7, 11) is 0. The van der Waals surface area contributed by atoms with Crippen LogP contribution in [-0.4, -0.2) is 22.9 Å². The van der Waals surface area contributed by atoms with Gasteiger partial charge in [-0.05, 0) is 31.0 Å².